The van der Waals surface area contributed by atoms with Crippen LogP contribution in [0.4, 0.5) is 13.2 Å². The molecule has 3 aliphatic rings. The lowest BCUT2D eigenvalue weighted by Gasteiger charge is -2.27. The Kier molecular flexibility index (Phi) is 6.31. The summed E-state index contributed by atoms with van der Waals surface area (Å²) in [6.45, 7) is 0.235. The fraction of sp³-hybridized carbons (Fsp3) is 0.318. The standard InChI is InChI=1S/C22H20F3NO4S/c23-22(24,25)30-17-8-6-16(7-9-17)11-26-20(27)14-31-21(26)19-13-28-18(12-29-19)10-15-4-2-1-3-5-15/h1-2,4,6-9,12-13,21H,3,5,10-11,14H2. The van der Waals surface area contributed by atoms with E-state index in [0.29, 0.717) is 23.5 Å². The second kappa shape index (κ2) is 9.13. The molecule has 0 bridgehead atoms. The minimum Gasteiger partial charge on any atom is -0.462 e. The molecule has 4 rings (SSSR count). The number of alkyl halides is 3. The summed E-state index contributed by atoms with van der Waals surface area (Å²) in [4.78, 5) is 14.0. The second-order valence-corrected chi connectivity index (χ2v) is 8.25. The molecule has 1 atom stereocenters. The molecule has 1 amide bonds. The van der Waals surface area contributed by atoms with Crippen molar-refractivity contribution >= 4 is 17.7 Å². The van der Waals surface area contributed by atoms with E-state index in [-0.39, 0.29) is 29.3 Å². The van der Waals surface area contributed by atoms with E-state index in [2.05, 4.69) is 16.9 Å². The van der Waals surface area contributed by atoms with Gasteiger partial charge in [-0.15, -0.1) is 24.9 Å². The number of hydrogen-bond donors (Lipinski definition) is 0. The number of halogens is 3. The Hall–Kier alpha value is -2.81. The molecule has 1 unspecified atom stereocenters. The van der Waals surface area contributed by atoms with E-state index >= 15 is 0 Å². The van der Waals surface area contributed by atoms with Crippen LogP contribution in [0.25, 0.3) is 0 Å². The quantitative estimate of drug-likeness (QED) is 0.581. The van der Waals surface area contributed by atoms with Crippen LogP contribution in [0.5, 0.6) is 5.75 Å². The molecule has 164 valence electrons. The molecule has 0 saturated carbocycles. The highest BCUT2D eigenvalue weighted by atomic mass is 32.2. The molecule has 1 aromatic rings. The third-order valence-corrected chi connectivity index (χ3v) is 6.09. The van der Waals surface area contributed by atoms with Gasteiger partial charge < -0.3 is 19.1 Å². The molecule has 5 nitrogen and oxygen atoms in total. The van der Waals surface area contributed by atoms with Gasteiger partial charge in [-0.3, -0.25) is 4.79 Å². The van der Waals surface area contributed by atoms with Gasteiger partial charge in [0.2, 0.25) is 5.91 Å². The minimum absolute atomic E-state index is 0.0796. The summed E-state index contributed by atoms with van der Waals surface area (Å²) in [7, 11) is 0. The molecule has 2 heterocycles. The maximum Gasteiger partial charge on any atom is 0.573 e. The maximum atomic E-state index is 12.4. The number of ether oxygens (including phenoxy) is 3. The van der Waals surface area contributed by atoms with Crippen molar-refractivity contribution in [2.45, 2.75) is 37.5 Å². The van der Waals surface area contributed by atoms with Crippen LogP contribution in [-0.4, -0.2) is 28.3 Å². The van der Waals surface area contributed by atoms with Crippen LogP contribution in [0.3, 0.4) is 0 Å². The molecular formula is C22H20F3NO4S. The van der Waals surface area contributed by atoms with Crippen LogP contribution in [0.1, 0.15) is 24.8 Å². The molecule has 1 aliphatic carbocycles. The summed E-state index contributed by atoms with van der Waals surface area (Å²) in [6.07, 6.45) is 7.25. The van der Waals surface area contributed by atoms with Gasteiger partial charge >= 0.3 is 6.36 Å². The van der Waals surface area contributed by atoms with E-state index in [9.17, 15) is 18.0 Å². The Morgan fingerprint density at radius 1 is 1.16 bits per heavy atom. The van der Waals surface area contributed by atoms with Gasteiger partial charge in [0, 0.05) is 13.0 Å². The molecule has 2 aliphatic heterocycles. The van der Waals surface area contributed by atoms with Crippen LogP contribution >= 0.6 is 11.8 Å². The van der Waals surface area contributed by atoms with Gasteiger partial charge in [0.05, 0.1) is 5.75 Å². The Labute approximate surface area is 181 Å². The van der Waals surface area contributed by atoms with Gasteiger partial charge in [0.1, 0.15) is 29.4 Å². The molecular weight excluding hydrogens is 431 g/mol. The first-order valence-corrected chi connectivity index (χ1v) is 10.7. The predicted octanol–water partition coefficient (Wildman–Crippen LogP) is 5.38. The lowest BCUT2D eigenvalue weighted by Crippen LogP contribution is -2.34. The van der Waals surface area contributed by atoms with Crippen molar-refractivity contribution in [3.05, 3.63) is 77.7 Å². The van der Waals surface area contributed by atoms with Gasteiger partial charge in [-0.2, -0.15) is 0 Å². The van der Waals surface area contributed by atoms with Crippen molar-refractivity contribution in [2.75, 3.05) is 5.75 Å². The maximum absolute atomic E-state index is 12.4. The number of rotatable bonds is 6. The predicted molar refractivity (Wildman–Crippen MR) is 109 cm³/mol. The van der Waals surface area contributed by atoms with Gasteiger partial charge in [-0.1, -0.05) is 35.9 Å². The van der Waals surface area contributed by atoms with Gasteiger partial charge in [-0.25, -0.2) is 0 Å². The largest absolute Gasteiger partial charge is 0.573 e. The van der Waals surface area contributed by atoms with Crippen molar-refractivity contribution in [1.29, 1.82) is 0 Å². The smallest absolute Gasteiger partial charge is 0.462 e. The lowest BCUT2D eigenvalue weighted by molar-refractivity contribution is -0.274. The summed E-state index contributed by atoms with van der Waals surface area (Å²) >= 11 is 1.41. The topological polar surface area (TPSA) is 48.0 Å². The molecule has 0 radical (unpaired) electrons. The first-order chi connectivity index (χ1) is 14.9. The number of amides is 1. The van der Waals surface area contributed by atoms with Crippen LogP contribution < -0.4 is 4.74 Å². The number of benzene rings is 1. The molecule has 0 N–H and O–H groups in total. The number of thioether (sulfide) groups is 1. The number of nitrogens with zero attached hydrogens (tertiary/aromatic N) is 1. The summed E-state index contributed by atoms with van der Waals surface area (Å²) in [5.74, 6) is 1.11. The molecule has 31 heavy (non-hydrogen) atoms. The third-order valence-electron chi connectivity index (χ3n) is 4.88. The van der Waals surface area contributed by atoms with Crippen LogP contribution in [-0.2, 0) is 20.8 Å². The lowest BCUT2D eigenvalue weighted by atomic mass is 10.0. The fourth-order valence-electron chi connectivity index (χ4n) is 3.40. The zero-order chi connectivity index (χ0) is 21.8. The molecule has 0 aromatic heterocycles. The van der Waals surface area contributed by atoms with Gasteiger partial charge in [-0.05, 0) is 30.5 Å². The number of carbonyl (C=O) groups excluding carboxylic acids is 1. The second-order valence-electron chi connectivity index (χ2n) is 7.19. The fourth-order valence-corrected chi connectivity index (χ4v) is 4.51. The molecule has 1 saturated heterocycles. The van der Waals surface area contributed by atoms with E-state index < -0.39 is 6.36 Å². The van der Waals surface area contributed by atoms with Gasteiger partial charge in [0.15, 0.2) is 5.76 Å². The summed E-state index contributed by atoms with van der Waals surface area (Å²) in [6, 6.07) is 5.47. The number of allylic oxidation sites excluding steroid dienone is 4. The van der Waals surface area contributed by atoms with Crippen molar-refractivity contribution in [3.63, 3.8) is 0 Å². The zero-order valence-corrected chi connectivity index (χ0v) is 17.2. The van der Waals surface area contributed by atoms with E-state index in [4.69, 9.17) is 9.47 Å². The van der Waals surface area contributed by atoms with Crippen LogP contribution in [0.2, 0.25) is 0 Å². The minimum atomic E-state index is -4.74. The Morgan fingerprint density at radius 3 is 2.61 bits per heavy atom. The van der Waals surface area contributed by atoms with E-state index in [1.54, 1.807) is 11.2 Å². The average Bonchev–Trinajstić information content (AvgIpc) is 3.10. The highest BCUT2D eigenvalue weighted by Crippen LogP contribution is 2.35. The first-order valence-electron chi connectivity index (χ1n) is 9.70. The highest BCUT2D eigenvalue weighted by molar-refractivity contribution is 8.01. The molecule has 0 spiro atoms. The summed E-state index contributed by atoms with van der Waals surface area (Å²) in [5, 5.41) is -0.367. The van der Waals surface area contributed by atoms with Crippen molar-refractivity contribution in [1.82, 2.24) is 4.90 Å². The van der Waals surface area contributed by atoms with Crippen LogP contribution in [0, 0.1) is 0 Å². The van der Waals surface area contributed by atoms with E-state index in [1.807, 2.05) is 6.08 Å². The summed E-state index contributed by atoms with van der Waals surface area (Å²) < 4.78 is 52.3. The van der Waals surface area contributed by atoms with Crippen molar-refractivity contribution in [2.24, 2.45) is 0 Å². The monoisotopic (exact) mass is 451 g/mol. The Bertz CT molecular complexity index is 950. The van der Waals surface area contributed by atoms with Crippen LogP contribution in [0.15, 0.2) is 72.1 Å². The van der Waals surface area contributed by atoms with E-state index in [1.165, 1.54) is 47.9 Å². The number of hydrogen-bond acceptors (Lipinski definition) is 5. The normalized spacial score (nSPS) is 21.1. The van der Waals surface area contributed by atoms with Crippen molar-refractivity contribution < 1.29 is 32.2 Å². The molecule has 1 aromatic carbocycles. The highest BCUT2D eigenvalue weighted by Gasteiger charge is 2.36. The Morgan fingerprint density at radius 2 is 1.97 bits per heavy atom. The summed E-state index contributed by atoms with van der Waals surface area (Å²) in [5.41, 5.74) is 1.94. The van der Waals surface area contributed by atoms with Gasteiger partial charge in [0.25, 0.3) is 0 Å². The molecule has 1 fully saturated rings. The van der Waals surface area contributed by atoms with Crippen molar-refractivity contribution in [3.8, 4) is 5.75 Å². The van der Waals surface area contributed by atoms with E-state index in [0.717, 1.165) is 12.8 Å². The average molecular weight is 451 g/mol. The first kappa shape index (κ1) is 21.4. The number of carbonyl (C=O) groups is 1. The third kappa shape index (κ3) is 5.66. The molecule has 9 heteroatoms. The Balaban J connectivity index is 1.37. The zero-order valence-electron chi connectivity index (χ0n) is 16.4. The SMILES string of the molecule is O=C1CSC(C2=COC(CC3=CC=CCC3)=CO2)N1Cc1ccc(OC(F)(F)F)cc1.